The molecule has 1 heterocycles. The van der Waals surface area contributed by atoms with Crippen molar-refractivity contribution in [2.75, 3.05) is 26.3 Å². The number of rotatable bonds is 5. The summed E-state index contributed by atoms with van der Waals surface area (Å²) in [4.78, 5) is 13.7. The fourth-order valence-corrected chi connectivity index (χ4v) is 2.25. The summed E-state index contributed by atoms with van der Waals surface area (Å²) in [6.45, 7) is 6.68. The Morgan fingerprint density at radius 3 is 3.15 bits per heavy atom. The van der Waals surface area contributed by atoms with Crippen LogP contribution in [0.15, 0.2) is 30.9 Å². The Hall–Kier alpha value is -2.01. The standard InChI is InChI=1S/C15H20N2O3/c1-3-6-17(7-8-18)15(19)16-13-10-20-14-5-4-11(2)9-12(13)14/h3-5,9,13,18H,1,6-8,10H2,2H3,(H,16,19). The zero-order valence-corrected chi connectivity index (χ0v) is 11.6. The number of benzene rings is 1. The largest absolute Gasteiger partial charge is 0.491 e. The van der Waals surface area contributed by atoms with Crippen LogP contribution in [0.4, 0.5) is 4.79 Å². The molecule has 0 fully saturated rings. The quantitative estimate of drug-likeness (QED) is 0.803. The summed E-state index contributed by atoms with van der Waals surface area (Å²) in [7, 11) is 0. The Balaban J connectivity index is 2.06. The molecule has 1 aromatic rings. The van der Waals surface area contributed by atoms with Gasteiger partial charge in [-0.25, -0.2) is 4.79 Å². The number of nitrogens with zero attached hydrogens (tertiary/aromatic N) is 1. The first-order valence-electron chi connectivity index (χ1n) is 6.66. The first-order valence-corrected chi connectivity index (χ1v) is 6.66. The van der Waals surface area contributed by atoms with Crippen LogP contribution in [-0.2, 0) is 0 Å². The number of nitrogens with one attached hydrogen (secondary N) is 1. The van der Waals surface area contributed by atoms with Crippen LogP contribution in [0.3, 0.4) is 0 Å². The average Bonchev–Trinajstić information content (AvgIpc) is 2.81. The molecule has 0 aromatic heterocycles. The van der Waals surface area contributed by atoms with E-state index in [4.69, 9.17) is 9.84 Å². The monoisotopic (exact) mass is 276 g/mol. The van der Waals surface area contributed by atoms with E-state index >= 15 is 0 Å². The number of aryl methyl sites for hydroxylation is 1. The lowest BCUT2D eigenvalue weighted by molar-refractivity contribution is 0.178. The zero-order chi connectivity index (χ0) is 14.5. The van der Waals surface area contributed by atoms with E-state index in [2.05, 4.69) is 11.9 Å². The summed E-state index contributed by atoms with van der Waals surface area (Å²) in [5, 5.41) is 11.9. The number of fused-ring (bicyclic) bond motifs is 1. The second kappa shape index (κ2) is 6.43. The molecule has 2 amide bonds. The molecule has 1 unspecified atom stereocenters. The number of ether oxygens (including phenoxy) is 1. The van der Waals surface area contributed by atoms with Crippen LogP contribution >= 0.6 is 0 Å². The molecule has 0 radical (unpaired) electrons. The van der Waals surface area contributed by atoms with Gasteiger partial charge < -0.3 is 20.1 Å². The molecular formula is C15H20N2O3. The van der Waals surface area contributed by atoms with Gasteiger partial charge in [0.25, 0.3) is 0 Å². The molecule has 1 aliphatic rings. The van der Waals surface area contributed by atoms with E-state index in [-0.39, 0.29) is 25.2 Å². The first kappa shape index (κ1) is 14.4. The van der Waals surface area contributed by atoms with Crippen molar-refractivity contribution in [1.29, 1.82) is 0 Å². The summed E-state index contributed by atoms with van der Waals surface area (Å²) in [5.74, 6) is 0.818. The third kappa shape index (κ3) is 3.11. The van der Waals surface area contributed by atoms with Gasteiger partial charge in [-0.3, -0.25) is 0 Å². The Bertz CT molecular complexity index is 502. The molecule has 108 valence electrons. The lowest BCUT2D eigenvalue weighted by Crippen LogP contribution is -2.43. The van der Waals surface area contributed by atoms with Crippen LogP contribution in [0.25, 0.3) is 0 Å². The highest BCUT2D eigenvalue weighted by Gasteiger charge is 2.27. The highest BCUT2D eigenvalue weighted by atomic mass is 16.5. The number of hydrogen-bond acceptors (Lipinski definition) is 3. The molecule has 2 rings (SSSR count). The van der Waals surface area contributed by atoms with Gasteiger partial charge in [-0.15, -0.1) is 6.58 Å². The first-order chi connectivity index (χ1) is 9.65. The van der Waals surface area contributed by atoms with Crippen molar-refractivity contribution in [2.24, 2.45) is 0 Å². The maximum absolute atomic E-state index is 12.2. The molecule has 1 aromatic carbocycles. The maximum atomic E-state index is 12.2. The molecule has 0 bridgehead atoms. The molecule has 5 heteroatoms. The average molecular weight is 276 g/mol. The third-order valence-electron chi connectivity index (χ3n) is 3.25. The van der Waals surface area contributed by atoms with E-state index in [1.54, 1.807) is 6.08 Å². The van der Waals surface area contributed by atoms with Crippen LogP contribution < -0.4 is 10.1 Å². The van der Waals surface area contributed by atoms with Crippen molar-refractivity contribution in [1.82, 2.24) is 10.2 Å². The van der Waals surface area contributed by atoms with Gasteiger partial charge in [0.05, 0.1) is 12.6 Å². The Kier molecular flexibility index (Phi) is 4.63. The van der Waals surface area contributed by atoms with Crippen LogP contribution in [0.2, 0.25) is 0 Å². The summed E-state index contributed by atoms with van der Waals surface area (Å²) in [6.07, 6.45) is 1.64. The van der Waals surface area contributed by atoms with Crippen LogP contribution in [0.5, 0.6) is 5.75 Å². The van der Waals surface area contributed by atoms with Crippen molar-refractivity contribution in [2.45, 2.75) is 13.0 Å². The molecule has 0 aliphatic carbocycles. The minimum absolute atomic E-state index is 0.0713. The highest BCUT2D eigenvalue weighted by molar-refractivity contribution is 5.75. The van der Waals surface area contributed by atoms with Gasteiger partial charge in [0.15, 0.2) is 0 Å². The summed E-state index contributed by atoms with van der Waals surface area (Å²) >= 11 is 0. The van der Waals surface area contributed by atoms with Crippen molar-refractivity contribution in [3.63, 3.8) is 0 Å². The number of amides is 2. The summed E-state index contributed by atoms with van der Waals surface area (Å²) < 4.78 is 5.56. The molecule has 20 heavy (non-hydrogen) atoms. The molecule has 1 atom stereocenters. The van der Waals surface area contributed by atoms with E-state index in [1.807, 2.05) is 25.1 Å². The van der Waals surface area contributed by atoms with Crippen molar-refractivity contribution >= 4 is 6.03 Å². The zero-order valence-electron chi connectivity index (χ0n) is 11.6. The van der Waals surface area contributed by atoms with Crippen molar-refractivity contribution in [3.8, 4) is 5.75 Å². The minimum Gasteiger partial charge on any atom is -0.491 e. The fraction of sp³-hybridized carbons (Fsp3) is 0.400. The van der Waals surface area contributed by atoms with E-state index in [9.17, 15) is 4.79 Å². The van der Waals surface area contributed by atoms with Crippen LogP contribution in [-0.4, -0.2) is 42.3 Å². The van der Waals surface area contributed by atoms with E-state index in [0.29, 0.717) is 13.2 Å². The summed E-state index contributed by atoms with van der Waals surface area (Å²) in [6, 6.07) is 5.56. The second-order valence-electron chi connectivity index (χ2n) is 4.81. The lowest BCUT2D eigenvalue weighted by atomic mass is 10.1. The van der Waals surface area contributed by atoms with Gasteiger partial charge in [0, 0.05) is 18.7 Å². The smallest absolute Gasteiger partial charge is 0.318 e. The number of aliphatic hydroxyl groups excluding tert-OH is 1. The van der Waals surface area contributed by atoms with Gasteiger partial charge in [0.2, 0.25) is 0 Å². The number of aliphatic hydroxyl groups is 1. The molecule has 0 saturated heterocycles. The third-order valence-corrected chi connectivity index (χ3v) is 3.25. The topological polar surface area (TPSA) is 61.8 Å². The van der Waals surface area contributed by atoms with Gasteiger partial charge in [0.1, 0.15) is 12.4 Å². The lowest BCUT2D eigenvalue weighted by Gasteiger charge is -2.22. The predicted octanol–water partition coefficient (Wildman–Crippen LogP) is 1.62. The molecule has 1 aliphatic heterocycles. The van der Waals surface area contributed by atoms with Gasteiger partial charge in [-0.05, 0) is 13.0 Å². The van der Waals surface area contributed by atoms with Crippen molar-refractivity contribution < 1.29 is 14.6 Å². The normalized spacial score (nSPS) is 16.2. The Morgan fingerprint density at radius 1 is 1.65 bits per heavy atom. The second-order valence-corrected chi connectivity index (χ2v) is 4.81. The Morgan fingerprint density at radius 2 is 2.45 bits per heavy atom. The minimum atomic E-state index is -0.220. The van der Waals surface area contributed by atoms with Crippen LogP contribution in [0.1, 0.15) is 17.2 Å². The van der Waals surface area contributed by atoms with E-state index < -0.39 is 0 Å². The molecular weight excluding hydrogens is 256 g/mol. The van der Waals surface area contributed by atoms with Gasteiger partial charge >= 0.3 is 6.03 Å². The highest BCUT2D eigenvalue weighted by Crippen LogP contribution is 2.32. The number of carbonyl (C=O) groups excluding carboxylic acids is 1. The molecule has 2 N–H and O–H groups in total. The van der Waals surface area contributed by atoms with E-state index in [1.165, 1.54) is 4.90 Å². The number of carbonyl (C=O) groups is 1. The van der Waals surface area contributed by atoms with Crippen molar-refractivity contribution in [3.05, 3.63) is 42.0 Å². The predicted molar refractivity (Wildman–Crippen MR) is 76.8 cm³/mol. The number of hydrogen-bond donors (Lipinski definition) is 2. The van der Waals surface area contributed by atoms with E-state index in [0.717, 1.165) is 16.9 Å². The summed E-state index contributed by atoms with van der Waals surface area (Å²) in [5.41, 5.74) is 2.13. The Labute approximate surface area is 118 Å². The fourth-order valence-electron chi connectivity index (χ4n) is 2.25. The van der Waals surface area contributed by atoms with Gasteiger partial charge in [-0.2, -0.15) is 0 Å². The number of urea groups is 1. The molecule has 5 nitrogen and oxygen atoms in total. The maximum Gasteiger partial charge on any atom is 0.318 e. The van der Waals surface area contributed by atoms with Gasteiger partial charge in [-0.1, -0.05) is 23.8 Å². The van der Waals surface area contributed by atoms with Crippen LogP contribution in [0, 0.1) is 6.92 Å². The SMILES string of the molecule is C=CCN(CCO)C(=O)NC1COc2ccc(C)cc21. The molecule has 0 saturated carbocycles. The molecule has 0 spiro atoms.